The Balaban J connectivity index is 2.25. The van der Waals surface area contributed by atoms with Crippen LogP contribution in [0.3, 0.4) is 0 Å². The van der Waals surface area contributed by atoms with E-state index < -0.39 is 10.0 Å². The van der Waals surface area contributed by atoms with Crippen LogP contribution in [-0.4, -0.2) is 35.3 Å². The molecule has 0 atom stereocenters. The van der Waals surface area contributed by atoms with Crippen molar-refractivity contribution < 1.29 is 8.42 Å². The van der Waals surface area contributed by atoms with E-state index in [0.29, 0.717) is 25.3 Å². The lowest BCUT2D eigenvalue weighted by molar-refractivity contribution is 0.567. The normalized spacial score (nSPS) is 12.1. The number of sulfonamides is 1. The number of anilines is 1. The van der Waals surface area contributed by atoms with Crippen molar-refractivity contribution in [3.05, 3.63) is 17.1 Å². The number of hydrogen-bond donors (Lipinski definition) is 2. The quantitative estimate of drug-likeness (QED) is 0.569. The van der Waals surface area contributed by atoms with E-state index in [-0.39, 0.29) is 5.75 Å². The largest absolute Gasteiger partial charge is 0.382 e. The van der Waals surface area contributed by atoms with E-state index in [1.54, 1.807) is 0 Å². The first-order valence-corrected chi connectivity index (χ1v) is 11.5. The highest BCUT2D eigenvalue weighted by atomic mass is 32.2. The molecule has 0 fully saturated rings. The molecule has 3 N–H and O–H groups in total. The fourth-order valence-corrected chi connectivity index (χ4v) is 4.31. The molecule has 27 heavy (non-hydrogen) atoms. The van der Waals surface area contributed by atoms with Crippen LogP contribution in [0.2, 0.25) is 0 Å². The van der Waals surface area contributed by atoms with Crippen molar-refractivity contribution in [1.82, 2.24) is 19.3 Å². The van der Waals surface area contributed by atoms with Gasteiger partial charge in [0.15, 0.2) is 5.82 Å². The van der Waals surface area contributed by atoms with E-state index in [1.165, 1.54) is 0 Å². The van der Waals surface area contributed by atoms with E-state index in [1.807, 2.05) is 20.8 Å². The van der Waals surface area contributed by atoms with Gasteiger partial charge in [-0.05, 0) is 38.7 Å². The first-order chi connectivity index (χ1) is 12.8. The highest BCUT2D eigenvalue weighted by Crippen LogP contribution is 2.27. The Morgan fingerprint density at radius 3 is 2.44 bits per heavy atom. The molecule has 0 radical (unpaired) electrons. The Kier molecular flexibility index (Phi) is 7.61. The minimum atomic E-state index is -3.24. The number of nitrogens with one attached hydrogen (secondary N) is 1. The Morgan fingerprint density at radius 1 is 1.07 bits per heavy atom. The third-order valence-electron chi connectivity index (χ3n) is 4.88. The number of aryl methyl sites for hydroxylation is 4. The minimum absolute atomic E-state index is 0.113. The predicted octanol–water partition coefficient (Wildman–Crippen LogP) is 3.08. The molecule has 7 nitrogen and oxygen atoms in total. The van der Waals surface area contributed by atoms with Crippen LogP contribution in [0.1, 0.15) is 63.0 Å². The second-order valence-corrected chi connectivity index (χ2v) is 9.03. The zero-order chi connectivity index (χ0) is 20.0. The fourth-order valence-electron chi connectivity index (χ4n) is 3.20. The van der Waals surface area contributed by atoms with Gasteiger partial charge in [-0.15, -0.1) is 0 Å². The number of imidazole rings is 1. The monoisotopic (exact) mass is 395 g/mol. The topological polar surface area (TPSA) is 103 Å². The average molecular weight is 396 g/mol. The van der Waals surface area contributed by atoms with Crippen LogP contribution in [0.4, 0.5) is 5.82 Å². The maximum absolute atomic E-state index is 12.2. The van der Waals surface area contributed by atoms with Gasteiger partial charge in [-0.1, -0.05) is 26.7 Å². The van der Waals surface area contributed by atoms with E-state index in [2.05, 4.69) is 21.2 Å². The second kappa shape index (κ2) is 9.50. The molecule has 0 spiro atoms. The number of hydrogen-bond acceptors (Lipinski definition) is 5. The Morgan fingerprint density at radius 2 is 1.78 bits per heavy atom. The molecule has 2 aromatic heterocycles. The van der Waals surface area contributed by atoms with Gasteiger partial charge in [0.25, 0.3) is 0 Å². The molecule has 0 bridgehead atoms. The summed E-state index contributed by atoms with van der Waals surface area (Å²) in [5.41, 5.74) is 9.77. The van der Waals surface area contributed by atoms with Gasteiger partial charge in [0.05, 0.1) is 11.3 Å². The summed E-state index contributed by atoms with van der Waals surface area (Å²) in [7, 11) is -3.24. The van der Waals surface area contributed by atoms with Gasteiger partial charge >= 0.3 is 0 Å². The molecule has 0 saturated carbocycles. The molecule has 0 amide bonds. The number of aromatic nitrogens is 3. The fraction of sp³-hybridized carbons (Fsp3) is 0.684. The molecule has 0 aliphatic heterocycles. The molecule has 0 aromatic carbocycles. The van der Waals surface area contributed by atoms with Crippen molar-refractivity contribution in [2.24, 2.45) is 0 Å². The summed E-state index contributed by atoms with van der Waals surface area (Å²) in [6.07, 6.45) is 5.32. The molecular formula is C19H33N5O2S. The number of pyridine rings is 1. The lowest BCUT2D eigenvalue weighted by Crippen LogP contribution is -2.27. The summed E-state index contributed by atoms with van der Waals surface area (Å²) >= 11 is 0. The van der Waals surface area contributed by atoms with E-state index in [0.717, 1.165) is 60.2 Å². The van der Waals surface area contributed by atoms with Gasteiger partial charge in [-0.3, -0.25) is 0 Å². The first kappa shape index (κ1) is 21.6. The number of unbranched alkanes of at least 4 members (excludes halogenated alkanes) is 2. The highest BCUT2D eigenvalue weighted by molar-refractivity contribution is 7.89. The minimum Gasteiger partial charge on any atom is -0.382 e. The van der Waals surface area contributed by atoms with Crippen molar-refractivity contribution in [2.75, 3.05) is 18.0 Å². The number of nitrogen functional groups attached to an aromatic ring is 1. The molecule has 0 aliphatic rings. The third kappa shape index (κ3) is 5.42. The van der Waals surface area contributed by atoms with Crippen molar-refractivity contribution in [3.63, 3.8) is 0 Å². The van der Waals surface area contributed by atoms with Crippen LogP contribution in [0, 0.1) is 13.8 Å². The van der Waals surface area contributed by atoms with Crippen LogP contribution >= 0.6 is 0 Å². The average Bonchev–Trinajstić information content (AvgIpc) is 2.97. The Bertz CT molecular complexity index is 874. The predicted molar refractivity (Wildman–Crippen MR) is 111 cm³/mol. The molecule has 0 saturated heterocycles. The number of nitrogens with zero attached hydrogens (tertiary/aromatic N) is 3. The molecule has 0 aliphatic carbocycles. The summed E-state index contributed by atoms with van der Waals surface area (Å²) in [5.74, 6) is 1.52. The van der Waals surface area contributed by atoms with Crippen LogP contribution in [0.15, 0.2) is 0 Å². The number of fused-ring (bicyclic) bond motifs is 1. The lowest BCUT2D eigenvalue weighted by Gasteiger charge is -2.12. The molecule has 2 heterocycles. The number of nitrogens with two attached hydrogens (primary N) is 1. The zero-order valence-corrected chi connectivity index (χ0v) is 17.8. The zero-order valence-electron chi connectivity index (χ0n) is 17.0. The lowest BCUT2D eigenvalue weighted by atomic mass is 10.2. The highest BCUT2D eigenvalue weighted by Gasteiger charge is 2.18. The summed E-state index contributed by atoms with van der Waals surface area (Å²) < 4.78 is 29.1. The Labute approximate surface area is 162 Å². The molecule has 152 valence electrons. The SMILES string of the molecule is CCCCNS(=O)(=O)CCCn1c(CCCC)nc2c(N)nc(C)c(C)c21. The van der Waals surface area contributed by atoms with Gasteiger partial charge in [-0.25, -0.2) is 23.1 Å². The van der Waals surface area contributed by atoms with Crippen LogP contribution in [0.25, 0.3) is 11.0 Å². The van der Waals surface area contributed by atoms with Gasteiger partial charge in [0.2, 0.25) is 10.0 Å². The van der Waals surface area contributed by atoms with E-state index in [4.69, 9.17) is 10.7 Å². The summed E-state index contributed by atoms with van der Waals surface area (Å²) in [6.45, 7) is 9.27. The van der Waals surface area contributed by atoms with E-state index in [9.17, 15) is 8.42 Å². The second-order valence-electron chi connectivity index (χ2n) is 7.11. The first-order valence-electron chi connectivity index (χ1n) is 9.89. The van der Waals surface area contributed by atoms with Crippen molar-refractivity contribution >= 4 is 26.9 Å². The van der Waals surface area contributed by atoms with E-state index >= 15 is 0 Å². The van der Waals surface area contributed by atoms with Crippen molar-refractivity contribution in [1.29, 1.82) is 0 Å². The van der Waals surface area contributed by atoms with Gasteiger partial charge in [0, 0.05) is 25.2 Å². The molecular weight excluding hydrogens is 362 g/mol. The summed E-state index contributed by atoms with van der Waals surface area (Å²) in [6, 6.07) is 0. The van der Waals surface area contributed by atoms with Crippen LogP contribution in [-0.2, 0) is 23.0 Å². The van der Waals surface area contributed by atoms with Crippen molar-refractivity contribution in [2.45, 2.75) is 72.8 Å². The molecule has 0 unspecified atom stereocenters. The standard InChI is InChI=1S/C19H33N5O2S/c1-5-7-10-16-23-17-18(14(3)15(4)22-19(17)20)24(16)12-9-13-27(25,26)21-11-8-6-2/h21H,5-13H2,1-4H3,(H2,20,22). The summed E-state index contributed by atoms with van der Waals surface area (Å²) in [4.78, 5) is 9.13. The number of rotatable bonds is 11. The van der Waals surface area contributed by atoms with Crippen molar-refractivity contribution in [3.8, 4) is 0 Å². The van der Waals surface area contributed by atoms with Gasteiger partial charge in [-0.2, -0.15) is 0 Å². The third-order valence-corrected chi connectivity index (χ3v) is 6.35. The molecule has 2 rings (SSSR count). The molecule has 8 heteroatoms. The maximum Gasteiger partial charge on any atom is 0.211 e. The van der Waals surface area contributed by atoms with Gasteiger partial charge < -0.3 is 10.3 Å². The Hall–Kier alpha value is -1.67. The van der Waals surface area contributed by atoms with Crippen LogP contribution in [0.5, 0.6) is 0 Å². The van der Waals surface area contributed by atoms with Gasteiger partial charge in [0.1, 0.15) is 11.3 Å². The summed E-state index contributed by atoms with van der Waals surface area (Å²) in [5, 5.41) is 0. The maximum atomic E-state index is 12.2. The van der Waals surface area contributed by atoms with Crippen LogP contribution < -0.4 is 10.5 Å². The smallest absolute Gasteiger partial charge is 0.211 e. The molecule has 2 aromatic rings.